The largest absolute Gasteiger partial charge is 0.277 e. The Labute approximate surface area is 83.8 Å². The molecule has 0 aromatic heterocycles. The molecule has 1 aliphatic carbocycles. The van der Waals surface area contributed by atoms with Crippen LogP contribution in [-0.2, 0) is 4.84 Å². The maximum atomic E-state index is 5.31. The summed E-state index contributed by atoms with van der Waals surface area (Å²) in [4.78, 5) is 6.34. The third-order valence-electron chi connectivity index (χ3n) is 2.55. The van der Waals surface area contributed by atoms with E-state index in [-0.39, 0.29) is 0 Å². The van der Waals surface area contributed by atoms with Gasteiger partial charge in [-0.1, -0.05) is 12.2 Å². The molecule has 2 aliphatic rings. The van der Waals surface area contributed by atoms with Gasteiger partial charge in [-0.15, -0.1) is 0 Å². The Morgan fingerprint density at radius 2 is 2.31 bits per heavy atom. The van der Waals surface area contributed by atoms with Crippen LogP contribution in [0.5, 0.6) is 0 Å². The predicted octanol–water partition coefficient (Wildman–Crippen LogP) is 2.23. The fourth-order valence-electron chi connectivity index (χ4n) is 2.01. The first-order valence-corrected chi connectivity index (χ1v) is 4.89. The number of thiocarbonyl (C=S) groups is 1. The van der Waals surface area contributed by atoms with Gasteiger partial charge < -0.3 is 0 Å². The molecule has 0 fully saturated rings. The minimum Gasteiger partial charge on any atom is -0.277 e. The summed E-state index contributed by atoms with van der Waals surface area (Å²) < 4.78 is 0. The lowest BCUT2D eigenvalue weighted by Gasteiger charge is -2.23. The van der Waals surface area contributed by atoms with Gasteiger partial charge in [0.2, 0.25) is 0 Å². The van der Waals surface area contributed by atoms with E-state index in [1.807, 2.05) is 11.1 Å². The molecule has 1 unspecified atom stereocenters. The molecule has 1 atom stereocenters. The summed E-state index contributed by atoms with van der Waals surface area (Å²) in [5, 5.41) is 1.97. The van der Waals surface area contributed by atoms with Gasteiger partial charge in [-0.2, -0.15) is 0 Å². The third kappa shape index (κ3) is 1.42. The second kappa shape index (κ2) is 3.24. The molecule has 0 bridgehead atoms. The fraction of sp³-hybridized carbons (Fsp3) is 0.500. The predicted molar refractivity (Wildman–Crippen MR) is 56.3 cm³/mol. The van der Waals surface area contributed by atoms with E-state index in [2.05, 4.69) is 13.0 Å². The zero-order valence-electron chi connectivity index (χ0n) is 7.91. The quantitative estimate of drug-likeness (QED) is 0.595. The molecule has 2 rings (SSSR count). The average molecular weight is 195 g/mol. The van der Waals surface area contributed by atoms with E-state index in [4.69, 9.17) is 17.1 Å². The highest BCUT2D eigenvalue weighted by atomic mass is 32.1. The molecule has 0 radical (unpaired) electrons. The molecule has 0 N–H and O–H groups in total. The van der Waals surface area contributed by atoms with Gasteiger partial charge in [0.05, 0.1) is 18.8 Å². The molecule has 0 amide bonds. The zero-order chi connectivity index (χ0) is 9.42. The van der Waals surface area contributed by atoms with Crippen molar-refractivity contribution in [3.63, 3.8) is 0 Å². The van der Waals surface area contributed by atoms with Crippen molar-refractivity contribution in [3.05, 3.63) is 23.4 Å². The Hall–Kier alpha value is -0.670. The molecule has 0 saturated carbocycles. The monoisotopic (exact) mass is 195 g/mol. The van der Waals surface area contributed by atoms with Crippen molar-refractivity contribution in [3.8, 4) is 0 Å². The average Bonchev–Trinajstić information content (AvgIpc) is 2.39. The number of rotatable bonds is 1. The Morgan fingerprint density at radius 1 is 1.54 bits per heavy atom. The van der Waals surface area contributed by atoms with E-state index in [0.717, 1.165) is 17.7 Å². The van der Waals surface area contributed by atoms with E-state index in [1.54, 1.807) is 7.11 Å². The molecule has 0 saturated heterocycles. The number of hydroxylamine groups is 2. The van der Waals surface area contributed by atoms with Crippen LogP contribution in [0.2, 0.25) is 0 Å². The van der Waals surface area contributed by atoms with Crippen LogP contribution in [0.3, 0.4) is 0 Å². The maximum absolute atomic E-state index is 5.31. The van der Waals surface area contributed by atoms with Gasteiger partial charge >= 0.3 is 0 Å². The molecule has 3 heteroatoms. The van der Waals surface area contributed by atoms with E-state index in [1.165, 1.54) is 11.3 Å². The normalized spacial score (nSPS) is 27.1. The van der Waals surface area contributed by atoms with Crippen molar-refractivity contribution in [1.82, 2.24) is 5.06 Å². The molecule has 13 heavy (non-hydrogen) atoms. The summed E-state index contributed by atoms with van der Waals surface area (Å²) in [5.41, 5.74) is 2.63. The molecular formula is C10H13NOS. The molecule has 70 valence electrons. The lowest BCUT2D eigenvalue weighted by atomic mass is 10.0. The highest BCUT2D eigenvalue weighted by molar-refractivity contribution is 7.80. The molecular weight excluding hydrogens is 182 g/mol. The van der Waals surface area contributed by atoms with E-state index in [9.17, 15) is 0 Å². The van der Waals surface area contributed by atoms with Crippen LogP contribution in [0.15, 0.2) is 23.4 Å². The summed E-state index contributed by atoms with van der Waals surface area (Å²) in [7, 11) is 1.72. The molecule has 0 spiro atoms. The summed E-state index contributed by atoms with van der Waals surface area (Å²) in [5.74, 6) is 0. The first-order chi connectivity index (χ1) is 6.22. The Kier molecular flexibility index (Phi) is 2.22. The van der Waals surface area contributed by atoms with Crippen molar-refractivity contribution in [1.29, 1.82) is 0 Å². The highest BCUT2D eigenvalue weighted by Gasteiger charge is 2.29. The highest BCUT2D eigenvalue weighted by Crippen LogP contribution is 2.34. The maximum Gasteiger partial charge on any atom is 0.0639 e. The van der Waals surface area contributed by atoms with Crippen LogP contribution >= 0.6 is 12.2 Å². The van der Waals surface area contributed by atoms with Crippen molar-refractivity contribution in [2.24, 2.45) is 0 Å². The Bertz CT molecular complexity index is 306. The van der Waals surface area contributed by atoms with E-state index in [0.29, 0.717) is 6.04 Å². The van der Waals surface area contributed by atoms with Crippen LogP contribution in [0.25, 0.3) is 0 Å². The molecule has 1 heterocycles. The summed E-state index contributed by atoms with van der Waals surface area (Å²) in [6.07, 6.45) is 6.07. The summed E-state index contributed by atoms with van der Waals surface area (Å²) in [6.45, 7) is 2.17. The fourth-order valence-corrected chi connectivity index (χ4v) is 2.25. The summed E-state index contributed by atoms with van der Waals surface area (Å²) in [6, 6.07) is 0.445. The summed E-state index contributed by atoms with van der Waals surface area (Å²) >= 11 is 5.16. The van der Waals surface area contributed by atoms with Crippen molar-refractivity contribution < 1.29 is 4.84 Å². The van der Waals surface area contributed by atoms with Crippen molar-refractivity contribution in [2.75, 3.05) is 7.11 Å². The number of hydrogen-bond donors (Lipinski definition) is 0. The van der Waals surface area contributed by atoms with Gasteiger partial charge in [0.1, 0.15) is 0 Å². The first kappa shape index (κ1) is 8.91. The van der Waals surface area contributed by atoms with Crippen molar-refractivity contribution in [2.45, 2.75) is 25.8 Å². The standard InChI is InChI=1S/C10H13NOS/c1-7-5-8-6-9(13)3-4-10(8)11(7)12-2/h3-4,7H,5-6H2,1-2H3. The second-order valence-corrected chi connectivity index (χ2v) is 4.05. The van der Waals surface area contributed by atoms with Crippen LogP contribution in [0, 0.1) is 0 Å². The van der Waals surface area contributed by atoms with Crippen LogP contribution in [-0.4, -0.2) is 23.1 Å². The zero-order valence-corrected chi connectivity index (χ0v) is 8.73. The lowest BCUT2D eigenvalue weighted by Crippen LogP contribution is -2.25. The van der Waals surface area contributed by atoms with Crippen LogP contribution in [0.1, 0.15) is 19.8 Å². The lowest BCUT2D eigenvalue weighted by molar-refractivity contribution is -0.114. The molecule has 1 aliphatic heterocycles. The van der Waals surface area contributed by atoms with Gasteiger partial charge in [0.25, 0.3) is 0 Å². The first-order valence-electron chi connectivity index (χ1n) is 4.48. The van der Waals surface area contributed by atoms with Gasteiger partial charge in [0, 0.05) is 11.3 Å². The minimum absolute atomic E-state index is 0.445. The number of hydrogen-bond acceptors (Lipinski definition) is 3. The van der Waals surface area contributed by atoms with Gasteiger partial charge in [-0.3, -0.25) is 9.90 Å². The SMILES string of the molecule is CON1C2=C(CC(=S)C=C2)CC1C. The minimum atomic E-state index is 0.445. The molecule has 2 nitrogen and oxygen atoms in total. The van der Waals surface area contributed by atoms with Gasteiger partial charge in [-0.25, -0.2) is 0 Å². The van der Waals surface area contributed by atoms with Crippen molar-refractivity contribution >= 4 is 17.1 Å². The third-order valence-corrected chi connectivity index (χ3v) is 2.83. The molecule has 0 aromatic rings. The Balaban J connectivity index is 2.28. The van der Waals surface area contributed by atoms with Crippen LogP contribution in [0.4, 0.5) is 0 Å². The van der Waals surface area contributed by atoms with E-state index < -0.39 is 0 Å². The van der Waals surface area contributed by atoms with E-state index >= 15 is 0 Å². The van der Waals surface area contributed by atoms with Crippen LogP contribution < -0.4 is 0 Å². The second-order valence-electron chi connectivity index (χ2n) is 3.53. The number of allylic oxidation sites excluding steroid dienone is 2. The smallest absolute Gasteiger partial charge is 0.0639 e. The van der Waals surface area contributed by atoms with Gasteiger partial charge in [-0.05, 0) is 31.1 Å². The topological polar surface area (TPSA) is 12.5 Å². The van der Waals surface area contributed by atoms with Gasteiger partial charge in [0.15, 0.2) is 0 Å². The number of nitrogens with zero attached hydrogens (tertiary/aromatic N) is 1. The Morgan fingerprint density at radius 3 is 3.00 bits per heavy atom. The molecule has 0 aromatic carbocycles.